The van der Waals surface area contributed by atoms with Crippen LogP contribution in [0.3, 0.4) is 0 Å². The summed E-state index contributed by atoms with van der Waals surface area (Å²) in [6.45, 7) is 3.06. The van der Waals surface area contributed by atoms with E-state index in [0.29, 0.717) is 6.54 Å². The van der Waals surface area contributed by atoms with E-state index in [1.54, 1.807) is 6.92 Å². The second kappa shape index (κ2) is 7.58. The summed E-state index contributed by atoms with van der Waals surface area (Å²) in [7, 11) is 0. The van der Waals surface area contributed by atoms with Crippen molar-refractivity contribution in [3.63, 3.8) is 0 Å². The zero-order valence-corrected chi connectivity index (χ0v) is 11.5. The van der Waals surface area contributed by atoms with E-state index in [9.17, 15) is 4.79 Å². The van der Waals surface area contributed by atoms with Crippen LogP contribution in [-0.4, -0.2) is 30.6 Å². The highest BCUT2D eigenvalue weighted by atomic mass is 79.9. The van der Waals surface area contributed by atoms with E-state index in [1.807, 2.05) is 24.3 Å². The molecule has 0 heterocycles. The first-order valence-electron chi connectivity index (χ1n) is 5.72. The van der Waals surface area contributed by atoms with Crippen molar-refractivity contribution in [3.8, 4) is 0 Å². The number of aliphatic hydroxyl groups is 1. The van der Waals surface area contributed by atoms with Crippen molar-refractivity contribution in [2.45, 2.75) is 19.3 Å². The number of hydrogen-bond acceptors (Lipinski definition) is 3. The number of hydrogen-bond donors (Lipinski definition) is 2. The highest BCUT2D eigenvalue weighted by molar-refractivity contribution is 9.10. The standard InChI is InChI=1S/C13H18BrNO2/c1-10(17)13(6-7-15-8-9-16)11-2-4-12(14)5-3-11/h2-5,13,15-16H,6-9H2,1H3. The van der Waals surface area contributed by atoms with Gasteiger partial charge in [0.1, 0.15) is 5.78 Å². The van der Waals surface area contributed by atoms with E-state index < -0.39 is 0 Å². The summed E-state index contributed by atoms with van der Waals surface area (Å²) in [6.07, 6.45) is 0.761. The van der Waals surface area contributed by atoms with Crippen LogP contribution in [0.2, 0.25) is 0 Å². The molecule has 0 aliphatic rings. The van der Waals surface area contributed by atoms with Gasteiger partial charge in [-0.05, 0) is 37.6 Å². The first-order chi connectivity index (χ1) is 8.15. The van der Waals surface area contributed by atoms with E-state index >= 15 is 0 Å². The molecule has 0 aliphatic carbocycles. The van der Waals surface area contributed by atoms with E-state index in [-0.39, 0.29) is 18.3 Å². The molecule has 1 rings (SSSR count). The minimum absolute atomic E-state index is 0.0608. The molecule has 0 aliphatic heterocycles. The Hall–Kier alpha value is -0.710. The SMILES string of the molecule is CC(=O)C(CCNCCO)c1ccc(Br)cc1. The van der Waals surface area contributed by atoms with Crippen molar-refractivity contribution < 1.29 is 9.90 Å². The van der Waals surface area contributed by atoms with Gasteiger partial charge in [0, 0.05) is 16.9 Å². The normalized spacial score (nSPS) is 12.4. The maximum absolute atomic E-state index is 11.6. The van der Waals surface area contributed by atoms with E-state index in [4.69, 9.17) is 5.11 Å². The van der Waals surface area contributed by atoms with Crippen LogP contribution in [0.4, 0.5) is 0 Å². The average molecular weight is 300 g/mol. The minimum Gasteiger partial charge on any atom is -0.395 e. The van der Waals surface area contributed by atoms with Gasteiger partial charge in [-0.3, -0.25) is 4.79 Å². The van der Waals surface area contributed by atoms with Gasteiger partial charge in [0.2, 0.25) is 0 Å². The lowest BCUT2D eigenvalue weighted by molar-refractivity contribution is -0.118. The molecule has 0 amide bonds. The number of Topliss-reactive ketones (excluding diaryl/α,β-unsaturated/α-hetero) is 1. The van der Waals surface area contributed by atoms with Crippen LogP contribution < -0.4 is 5.32 Å². The quantitative estimate of drug-likeness (QED) is 0.758. The number of carbonyl (C=O) groups excluding carboxylic acids is 1. The van der Waals surface area contributed by atoms with Crippen LogP contribution in [0.15, 0.2) is 28.7 Å². The molecule has 94 valence electrons. The molecule has 2 N–H and O–H groups in total. The van der Waals surface area contributed by atoms with Gasteiger partial charge in [-0.2, -0.15) is 0 Å². The number of aliphatic hydroxyl groups excluding tert-OH is 1. The average Bonchev–Trinajstić information content (AvgIpc) is 2.30. The third-order valence-corrected chi connectivity index (χ3v) is 3.19. The Morgan fingerprint density at radius 2 is 2.00 bits per heavy atom. The second-order valence-electron chi connectivity index (χ2n) is 3.98. The first kappa shape index (κ1) is 14.4. The van der Waals surface area contributed by atoms with Gasteiger partial charge in [-0.1, -0.05) is 28.1 Å². The molecule has 0 bridgehead atoms. The Kier molecular flexibility index (Phi) is 6.40. The monoisotopic (exact) mass is 299 g/mol. The van der Waals surface area contributed by atoms with Crippen LogP contribution in [-0.2, 0) is 4.79 Å². The van der Waals surface area contributed by atoms with Crippen LogP contribution in [0, 0.1) is 0 Å². The molecule has 1 aromatic rings. The van der Waals surface area contributed by atoms with Crippen molar-refractivity contribution in [2.24, 2.45) is 0 Å². The van der Waals surface area contributed by atoms with Crippen LogP contribution in [0.1, 0.15) is 24.8 Å². The predicted octanol–water partition coefficient (Wildman–Crippen LogP) is 2.09. The third-order valence-electron chi connectivity index (χ3n) is 2.66. The zero-order chi connectivity index (χ0) is 12.7. The van der Waals surface area contributed by atoms with Crippen molar-refractivity contribution >= 4 is 21.7 Å². The van der Waals surface area contributed by atoms with E-state index in [0.717, 1.165) is 23.0 Å². The molecule has 17 heavy (non-hydrogen) atoms. The summed E-state index contributed by atoms with van der Waals surface area (Å²) in [6, 6.07) is 7.85. The van der Waals surface area contributed by atoms with Gasteiger partial charge < -0.3 is 10.4 Å². The fourth-order valence-corrected chi connectivity index (χ4v) is 2.01. The topological polar surface area (TPSA) is 49.3 Å². The molecule has 1 unspecified atom stereocenters. The predicted molar refractivity (Wildman–Crippen MR) is 72.1 cm³/mol. The zero-order valence-electron chi connectivity index (χ0n) is 9.95. The number of benzene rings is 1. The molecule has 0 saturated heterocycles. The maximum atomic E-state index is 11.6. The lowest BCUT2D eigenvalue weighted by atomic mass is 9.92. The lowest BCUT2D eigenvalue weighted by Crippen LogP contribution is -2.23. The number of carbonyl (C=O) groups is 1. The summed E-state index contributed by atoms with van der Waals surface area (Å²) in [4.78, 5) is 11.6. The minimum atomic E-state index is -0.0608. The smallest absolute Gasteiger partial charge is 0.137 e. The van der Waals surface area contributed by atoms with Crippen molar-refractivity contribution in [2.75, 3.05) is 19.7 Å². The van der Waals surface area contributed by atoms with E-state index in [1.165, 1.54) is 0 Å². The molecule has 0 aromatic heterocycles. The molecular formula is C13H18BrNO2. The Labute approximate surface area is 110 Å². The van der Waals surface area contributed by atoms with Crippen molar-refractivity contribution in [3.05, 3.63) is 34.3 Å². The first-order valence-corrected chi connectivity index (χ1v) is 6.52. The number of rotatable bonds is 7. The van der Waals surface area contributed by atoms with Crippen molar-refractivity contribution in [1.29, 1.82) is 0 Å². The highest BCUT2D eigenvalue weighted by Crippen LogP contribution is 2.22. The van der Waals surface area contributed by atoms with E-state index in [2.05, 4.69) is 21.2 Å². The van der Waals surface area contributed by atoms with Crippen molar-refractivity contribution in [1.82, 2.24) is 5.32 Å². The summed E-state index contributed by atoms with van der Waals surface area (Å²) >= 11 is 3.38. The number of ketones is 1. The molecular weight excluding hydrogens is 282 g/mol. The van der Waals surface area contributed by atoms with Crippen LogP contribution in [0.5, 0.6) is 0 Å². The van der Waals surface area contributed by atoms with Gasteiger partial charge >= 0.3 is 0 Å². The molecule has 1 atom stereocenters. The Bertz CT molecular complexity index is 351. The van der Waals surface area contributed by atoms with Gasteiger partial charge in [-0.25, -0.2) is 0 Å². The molecule has 1 aromatic carbocycles. The Morgan fingerprint density at radius 3 is 2.53 bits per heavy atom. The summed E-state index contributed by atoms with van der Waals surface area (Å²) in [5, 5.41) is 11.7. The fraction of sp³-hybridized carbons (Fsp3) is 0.462. The largest absolute Gasteiger partial charge is 0.395 e. The summed E-state index contributed by atoms with van der Waals surface area (Å²) < 4.78 is 1.02. The third kappa shape index (κ3) is 4.98. The molecule has 0 radical (unpaired) electrons. The van der Waals surface area contributed by atoms with Gasteiger partial charge in [0.25, 0.3) is 0 Å². The van der Waals surface area contributed by atoms with Gasteiger partial charge in [0.05, 0.1) is 6.61 Å². The molecule has 3 nitrogen and oxygen atoms in total. The van der Waals surface area contributed by atoms with Gasteiger partial charge in [0.15, 0.2) is 0 Å². The second-order valence-corrected chi connectivity index (χ2v) is 4.89. The Morgan fingerprint density at radius 1 is 1.35 bits per heavy atom. The summed E-state index contributed by atoms with van der Waals surface area (Å²) in [5.74, 6) is 0.118. The fourth-order valence-electron chi connectivity index (χ4n) is 1.75. The molecule has 0 fully saturated rings. The maximum Gasteiger partial charge on any atom is 0.137 e. The Balaban J connectivity index is 2.59. The lowest BCUT2D eigenvalue weighted by Gasteiger charge is -2.14. The number of nitrogens with one attached hydrogen (secondary N) is 1. The van der Waals surface area contributed by atoms with Crippen LogP contribution >= 0.6 is 15.9 Å². The molecule has 0 saturated carbocycles. The van der Waals surface area contributed by atoms with Gasteiger partial charge in [-0.15, -0.1) is 0 Å². The summed E-state index contributed by atoms with van der Waals surface area (Å²) in [5.41, 5.74) is 1.05. The van der Waals surface area contributed by atoms with Crippen LogP contribution in [0.25, 0.3) is 0 Å². The molecule has 4 heteroatoms. The highest BCUT2D eigenvalue weighted by Gasteiger charge is 2.15. The number of halogens is 1. The molecule has 0 spiro atoms.